The number of ether oxygens (including phenoxy) is 2. The minimum absolute atomic E-state index is 0.390. The molecule has 3 heteroatoms. The Kier molecular flexibility index (Phi) is 7.59. The number of allylic oxidation sites excluding steroid dienone is 2. The second-order valence-electron chi connectivity index (χ2n) is 4.24. The van der Waals surface area contributed by atoms with Crippen LogP contribution in [0.5, 0.6) is 0 Å². The van der Waals surface area contributed by atoms with Crippen molar-refractivity contribution in [3.8, 4) is 0 Å². The van der Waals surface area contributed by atoms with Gasteiger partial charge in [-0.15, -0.1) is 0 Å². The Morgan fingerprint density at radius 1 is 1.36 bits per heavy atom. The van der Waals surface area contributed by atoms with Gasteiger partial charge in [-0.2, -0.15) is 0 Å². The van der Waals surface area contributed by atoms with Gasteiger partial charge in [-0.3, -0.25) is 0 Å². The Hall–Kier alpha value is 0.199. The third-order valence-electron chi connectivity index (χ3n) is 2.00. The van der Waals surface area contributed by atoms with Crippen LogP contribution in [0.3, 0.4) is 0 Å². The van der Waals surface area contributed by atoms with Crippen LogP contribution in [0.4, 0.5) is 0 Å². The van der Waals surface area contributed by atoms with Crippen molar-refractivity contribution in [3.05, 3.63) is 22.3 Å². The molecule has 0 N–H and O–H groups in total. The molecule has 0 rings (SSSR count). The second kappa shape index (κ2) is 7.49. The van der Waals surface area contributed by atoms with E-state index in [1.807, 2.05) is 6.08 Å². The number of hydrogen-bond acceptors (Lipinski definition) is 2. The summed E-state index contributed by atoms with van der Waals surface area (Å²) in [5.41, 5.74) is 0. The Morgan fingerprint density at radius 3 is 2.43 bits per heavy atom. The van der Waals surface area contributed by atoms with Crippen LogP contribution in [0.15, 0.2) is 22.3 Å². The van der Waals surface area contributed by atoms with Gasteiger partial charge in [0, 0.05) is 0 Å². The van der Waals surface area contributed by atoms with Crippen LogP contribution in [0.1, 0.15) is 6.42 Å². The summed E-state index contributed by atoms with van der Waals surface area (Å²) in [6.07, 6.45) is 5.06. The number of hydrogen-bond donors (Lipinski definition) is 0. The molecule has 0 aliphatic carbocycles. The normalized spacial score (nSPS) is 13.0. The van der Waals surface area contributed by atoms with Crippen molar-refractivity contribution in [1.29, 1.82) is 0 Å². The standard InChI is InChI=1S/C8H13O2.3CH3.Sn/c1-3-4-5-6-7-10-8-9-2;;;;/h3-4H,1,6-8H2,2H3;3*1H3;. The van der Waals surface area contributed by atoms with Crippen LogP contribution >= 0.6 is 0 Å². The first kappa shape index (κ1) is 14.2. The van der Waals surface area contributed by atoms with Gasteiger partial charge in [-0.05, 0) is 0 Å². The van der Waals surface area contributed by atoms with Crippen molar-refractivity contribution in [2.75, 3.05) is 20.5 Å². The molecular formula is C11H22O2Sn. The van der Waals surface area contributed by atoms with Gasteiger partial charge in [0.25, 0.3) is 0 Å². The zero-order valence-corrected chi connectivity index (χ0v) is 12.7. The van der Waals surface area contributed by atoms with E-state index in [0.29, 0.717) is 6.79 Å². The Morgan fingerprint density at radius 2 is 2.00 bits per heavy atom. The first-order valence-electron chi connectivity index (χ1n) is 4.91. The fourth-order valence-electron chi connectivity index (χ4n) is 1.17. The molecule has 0 aliphatic rings. The molecule has 2 nitrogen and oxygen atoms in total. The number of rotatable bonds is 7. The average molecular weight is 305 g/mol. The van der Waals surface area contributed by atoms with Crippen molar-refractivity contribution in [2.24, 2.45) is 0 Å². The number of methoxy groups -OCH3 is 1. The van der Waals surface area contributed by atoms with Crippen LogP contribution in [0.2, 0.25) is 14.8 Å². The molecular weight excluding hydrogens is 283 g/mol. The molecule has 0 spiro atoms. The Balaban J connectivity index is 4.00. The molecule has 0 aromatic carbocycles. The van der Waals surface area contributed by atoms with Gasteiger partial charge in [-0.25, -0.2) is 0 Å². The summed E-state index contributed by atoms with van der Waals surface area (Å²) < 4.78 is 11.7. The fraction of sp³-hybridized carbons (Fsp3) is 0.636. The molecule has 0 bridgehead atoms. The van der Waals surface area contributed by atoms with Gasteiger partial charge in [-0.1, -0.05) is 0 Å². The monoisotopic (exact) mass is 306 g/mol. The maximum absolute atomic E-state index is 5.29. The molecule has 14 heavy (non-hydrogen) atoms. The third kappa shape index (κ3) is 6.62. The summed E-state index contributed by atoms with van der Waals surface area (Å²) >= 11 is -1.91. The Bertz CT molecular complexity index is 192. The quantitative estimate of drug-likeness (QED) is 0.312. The van der Waals surface area contributed by atoms with E-state index >= 15 is 0 Å². The van der Waals surface area contributed by atoms with Crippen molar-refractivity contribution in [3.63, 3.8) is 0 Å². The first-order chi connectivity index (χ1) is 6.52. The third-order valence-corrected chi connectivity index (χ3v) is 8.69. The van der Waals surface area contributed by atoms with Gasteiger partial charge in [0.2, 0.25) is 0 Å². The molecule has 0 heterocycles. The Labute approximate surface area is 91.9 Å². The van der Waals surface area contributed by atoms with Crippen molar-refractivity contribution in [2.45, 2.75) is 21.2 Å². The van der Waals surface area contributed by atoms with Gasteiger partial charge in [0.1, 0.15) is 0 Å². The molecule has 0 saturated carbocycles. The first-order valence-corrected chi connectivity index (χ1v) is 14.9. The van der Waals surface area contributed by atoms with Crippen LogP contribution in [-0.2, 0) is 9.47 Å². The van der Waals surface area contributed by atoms with E-state index in [1.54, 1.807) is 10.7 Å². The topological polar surface area (TPSA) is 18.5 Å². The second-order valence-corrected chi connectivity index (χ2v) is 18.9. The van der Waals surface area contributed by atoms with Gasteiger partial charge < -0.3 is 0 Å². The zero-order chi connectivity index (χ0) is 11.0. The fourth-order valence-corrected chi connectivity index (χ4v) is 5.37. The van der Waals surface area contributed by atoms with Gasteiger partial charge in [0.05, 0.1) is 0 Å². The van der Waals surface area contributed by atoms with E-state index < -0.39 is 18.4 Å². The molecule has 0 fully saturated rings. The summed E-state index contributed by atoms with van der Waals surface area (Å²) in [4.78, 5) is 7.21. The molecule has 0 unspecified atom stereocenters. The minimum atomic E-state index is -1.91. The van der Waals surface area contributed by atoms with Crippen LogP contribution in [0, 0.1) is 0 Å². The summed E-state index contributed by atoms with van der Waals surface area (Å²) in [6, 6.07) is 0. The van der Waals surface area contributed by atoms with Gasteiger partial charge in [0.15, 0.2) is 0 Å². The van der Waals surface area contributed by atoms with Crippen LogP contribution in [-0.4, -0.2) is 38.9 Å². The summed E-state index contributed by atoms with van der Waals surface area (Å²) in [5.74, 6) is 0. The molecule has 0 aromatic heterocycles. The van der Waals surface area contributed by atoms with Crippen LogP contribution in [0.25, 0.3) is 0 Å². The predicted molar refractivity (Wildman–Crippen MR) is 64.1 cm³/mol. The molecule has 0 radical (unpaired) electrons. The SMILES string of the molecule is C=C/C=[C](/CCOCOC)[Sn]([CH3])([CH3])[CH3]. The van der Waals surface area contributed by atoms with E-state index in [4.69, 9.17) is 9.47 Å². The molecule has 0 amide bonds. The maximum atomic E-state index is 5.29. The molecule has 0 saturated heterocycles. The van der Waals surface area contributed by atoms with E-state index in [0.717, 1.165) is 13.0 Å². The summed E-state index contributed by atoms with van der Waals surface area (Å²) in [5, 5.41) is 0. The molecule has 0 aliphatic heterocycles. The van der Waals surface area contributed by atoms with E-state index in [1.165, 1.54) is 0 Å². The predicted octanol–water partition coefficient (Wildman–Crippen LogP) is 2.99. The van der Waals surface area contributed by atoms with Crippen LogP contribution < -0.4 is 0 Å². The van der Waals surface area contributed by atoms with Crippen molar-refractivity contribution < 1.29 is 9.47 Å². The summed E-state index contributed by atoms with van der Waals surface area (Å²) in [7, 11) is 1.64. The average Bonchev–Trinajstić information content (AvgIpc) is 2.08. The van der Waals surface area contributed by atoms with E-state index in [9.17, 15) is 0 Å². The molecule has 82 valence electrons. The van der Waals surface area contributed by atoms with Crippen molar-refractivity contribution in [1.82, 2.24) is 0 Å². The van der Waals surface area contributed by atoms with Crippen molar-refractivity contribution >= 4 is 18.4 Å². The zero-order valence-electron chi connectivity index (χ0n) is 9.80. The van der Waals surface area contributed by atoms with Gasteiger partial charge >= 0.3 is 91.9 Å². The molecule has 0 aromatic rings. The van der Waals surface area contributed by atoms with E-state index in [-0.39, 0.29) is 0 Å². The molecule has 0 atom stereocenters. The summed E-state index contributed by atoms with van der Waals surface area (Å²) in [6.45, 7) is 4.89. The van der Waals surface area contributed by atoms with E-state index in [2.05, 4.69) is 27.5 Å².